The molecular weight excluding hydrogens is 330 g/mol. The predicted molar refractivity (Wildman–Crippen MR) is 57.1 cm³/mol. The lowest BCUT2D eigenvalue weighted by Gasteiger charge is -2.34. The third-order valence-electron chi connectivity index (χ3n) is 3.27. The van der Waals surface area contributed by atoms with Crippen molar-refractivity contribution in [2.45, 2.75) is 49.4 Å². The summed E-state index contributed by atoms with van der Waals surface area (Å²) in [5.41, 5.74) is 0. The zero-order valence-corrected chi connectivity index (χ0v) is 11.4. The minimum atomic E-state index is -6.98. The zero-order chi connectivity index (χ0) is 16.5. The van der Waals surface area contributed by atoms with Crippen LogP contribution in [0.1, 0.15) is 32.1 Å². The Hall–Kier alpha value is -0.550. The van der Waals surface area contributed by atoms with Gasteiger partial charge in [0.25, 0.3) is 0 Å². The number of rotatable bonds is 6. The molecule has 0 aromatic rings. The zero-order valence-electron chi connectivity index (χ0n) is 10.6. The number of alkyl halides is 6. The first-order valence-electron chi connectivity index (χ1n) is 6.06. The summed E-state index contributed by atoms with van der Waals surface area (Å²) in [6.07, 6.45) is -2.76. The second kappa shape index (κ2) is 5.92. The molecular formula is C10H13F6O4S-. The first-order chi connectivity index (χ1) is 9.33. The molecule has 1 aliphatic rings. The molecule has 0 saturated heterocycles. The first kappa shape index (κ1) is 18.5. The molecule has 126 valence electrons. The molecule has 1 saturated carbocycles. The summed E-state index contributed by atoms with van der Waals surface area (Å²) in [6.45, 7) is -0.919. The van der Waals surface area contributed by atoms with Crippen LogP contribution in [-0.2, 0) is 14.9 Å². The van der Waals surface area contributed by atoms with Gasteiger partial charge in [-0.3, -0.25) is 0 Å². The second-order valence-electron chi connectivity index (χ2n) is 4.88. The van der Waals surface area contributed by atoms with Crippen LogP contribution in [0, 0.1) is 5.92 Å². The summed E-state index contributed by atoms with van der Waals surface area (Å²) in [4.78, 5) is 0. The lowest BCUT2D eigenvalue weighted by Crippen LogP contribution is -2.59. The number of halogens is 6. The van der Waals surface area contributed by atoms with E-state index in [1.807, 2.05) is 0 Å². The summed E-state index contributed by atoms with van der Waals surface area (Å²) in [7, 11) is -6.98. The highest BCUT2D eigenvalue weighted by Crippen LogP contribution is 2.48. The molecule has 1 fully saturated rings. The van der Waals surface area contributed by atoms with E-state index in [0.717, 1.165) is 6.42 Å². The molecule has 0 unspecified atom stereocenters. The highest BCUT2D eigenvalue weighted by Gasteiger charge is 2.76. The van der Waals surface area contributed by atoms with E-state index in [1.165, 1.54) is 0 Å². The quantitative estimate of drug-likeness (QED) is 0.549. The van der Waals surface area contributed by atoms with E-state index in [0.29, 0.717) is 25.7 Å². The third-order valence-corrected chi connectivity index (χ3v) is 4.15. The Kier molecular flexibility index (Phi) is 5.21. The molecule has 0 aromatic carbocycles. The van der Waals surface area contributed by atoms with Gasteiger partial charge in [0.1, 0.15) is 0 Å². The van der Waals surface area contributed by atoms with Gasteiger partial charge >= 0.3 is 17.3 Å². The lowest BCUT2D eigenvalue weighted by atomic mass is 9.90. The summed E-state index contributed by atoms with van der Waals surface area (Å²) >= 11 is 0. The molecule has 0 radical (unpaired) electrons. The molecule has 0 bridgehead atoms. The van der Waals surface area contributed by atoms with E-state index in [4.69, 9.17) is 0 Å². The van der Waals surface area contributed by atoms with Gasteiger partial charge in [0.2, 0.25) is 0 Å². The monoisotopic (exact) mass is 343 g/mol. The summed E-state index contributed by atoms with van der Waals surface area (Å²) < 4.78 is 112. The van der Waals surface area contributed by atoms with E-state index < -0.39 is 39.9 Å². The van der Waals surface area contributed by atoms with Gasteiger partial charge in [-0.1, -0.05) is 19.3 Å². The SMILES string of the molecule is O=S(=O)([O-])C(F)(F)C(F)(F)C(F)(F)OCC1CCCCC1. The minimum absolute atomic E-state index is 0.415. The first-order valence-corrected chi connectivity index (χ1v) is 7.46. The van der Waals surface area contributed by atoms with Crippen LogP contribution in [0.3, 0.4) is 0 Å². The molecule has 0 amide bonds. The average molecular weight is 343 g/mol. The van der Waals surface area contributed by atoms with Crippen molar-refractivity contribution in [1.82, 2.24) is 0 Å². The normalized spacial score (nSPS) is 19.8. The Balaban J connectivity index is 2.83. The van der Waals surface area contributed by atoms with Crippen LogP contribution in [-0.4, -0.2) is 36.9 Å². The molecule has 4 nitrogen and oxygen atoms in total. The van der Waals surface area contributed by atoms with Gasteiger partial charge in [0.05, 0.1) is 6.61 Å². The largest absolute Gasteiger partial charge is 0.743 e. The van der Waals surface area contributed by atoms with Crippen LogP contribution in [0.5, 0.6) is 0 Å². The van der Waals surface area contributed by atoms with Crippen LogP contribution in [0.2, 0.25) is 0 Å². The van der Waals surface area contributed by atoms with Crippen LogP contribution in [0.4, 0.5) is 26.3 Å². The van der Waals surface area contributed by atoms with Gasteiger partial charge in [0, 0.05) is 0 Å². The molecule has 1 rings (SSSR count). The number of hydrogen-bond acceptors (Lipinski definition) is 4. The highest BCUT2D eigenvalue weighted by molar-refractivity contribution is 7.86. The fourth-order valence-electron chi connectivity index (χ4n) is 1.99. The van der Waals surface area contributed by atoms with E-state index in [-0.39, 0.29) is 0 Å². The van der Waals surface area contributed by atoms with E-state index in [1.54, 1.807) is 0 Å². The summed E-state index contributed by atoms with van der Waals surface area (Å²) in [6, 6.07) is 0. The molecule has 0 spiro atoms. The van der Waals surface area contributed by atoms with Gasteiger partial charge < -0.3 is 9.29 Å². The average Bonchev–Trinajstić information content (AvgIpc) is 2.36. The fourth-order valence-corrected chi connectivity index (χ4v) is 2.43. The molecule has 11 heteroatoms. The predicted octanol–water partition coefficient (Wildman–Crippen LogP) is 2.95. The van der Waals surface area contributed by atoms with Gasteiger partial charge in [-0.2, -0.15) is 26.3 Å². The topological polar surface area (TPSA) is 66.4 Å². The van der Waals surface area contributed by atoms with Gasteiger partial charge in [-0.15, -0.1) is 0 Å². The Morgan fingerprint density at radius 2 is 1.48 bits per heavy atom. The Morgan fingerprint density at radius 3 is 1.90 bits per heavy atom. The number of ether oxygens (including phenoxy) is 1. The van der Waals surface area contributed by atoms with E-state index >= 15 is 0 Å². The highest BCUT2D eigenvalue weighted by atomic mass is 32.2. The maximum Gasteiger partial charge on any atom is 0.426 e. The minimum Gasteiger partial charge on any atom is -0.743 e. The number of hydrogen-bond donors (Lipinski definition) is 0. The fraction of sp³-hybridized carbons (Fsp3) is 1.00. The van der Waals surface area contributed by atoms with Crippen molar-refractivity contribution in [1.29, 1.82) is 0 Å². The van der Waals surface area contributed by atoms with Crippen LogP contribution in [0.25, 0.3) is 0 Å². The smallest absolute Gasteiger partial charge is 0.426 e. The van der Waals surface area contributed by atoms with Gasteiger partial charge in [-0.25, -0.2) is 8.42 Å². The third kappa shape index (κ3) is 3.62. The maximum absolute atomic E-state index is 13.1. The Morgan fingerprint density at radius 1 is 1.00 bits per heavy atom. The van der Waals surface area contributed by atoms with Crippen molar-refractivity contribution >= 4 is 10.1 Å². The Labute approximate surface area is 117 Å². The molecule has 0 atom stereocenters. The molecule has 0 N–H and O–H groups in total. The maximum atomic E-state index is 13.1. The van der Waals surface area contributed by atoms with Gasteiger partial charge in [-0.05, 0) is 18.8 Å². The van der Waals surface area contributed by atoms with Crippen LogP contribution >= 0.6 is 0 Å². The molecule has 0 aliphatic heterocycles. The van der Waals surface area contributed by atoms with E-state index in [2.05, 4.69) is 4.74 Å². The standard InChI is InChI=1S/C10H14F6O4S/c11-8(12,10(15,16)21(17,18)19)9(13,14)20-6-7-4-2-1-3-5-7/h7H,1-6H2,(H,17,18,19)/p-1. The van der Waals surface area contributed by atoms with Gasteiger partial charge in [0.15, 0.2) is 10.1 Å². The summed E-state index contributed by atoms with van der Waals surface area (Å²) in [5.74, 6) is -6.96. The molecule has 21 heavy (non-hydrogen) atoms. The van der Waals surface area contributed by atoms with Crippen molar-refractivity contribution in [3.8, 4) is 0 Å². The van der Waals surface area contributed by atoms with Crippen molar-refractivity contribution in [3.63, 3.8) is 0 Å². The van der Waals surface area contributed by atoms with Crippen molar-refractivity contribution in [2.24, 2.45) is 5.92 Å². The molecule has 0 heterocycles. The molecule has 1 aliphatic carbocycles. The van der Waals surface area contributed by atoms with E-state index in [9.17, 15) is 39.3 Å². The second-order valence-corrected chi connectivity index (χ2v) is 6.30. The van der Waals surface area contributed by atoms with Crippen molar-refractivity contribution < 1.29 is 44.0 Å². The lowest BCUT2D eigenvalue weighted by molar-refractivity contribution is -0.385. The Bertz CT molecular complexity index is 458. The van der Waals surface area contributed by atoms with Crippen molar-refractivity contribution in [2.75, 3.05) is 6.61 Å². The molecule has 0 aromatic heterocycles. The summed E-state index contributed by atoms with van der Waals surface area (Å²) in [5, 5.41) is -6.48. The van der Waals surface area contributed by atoms with Crippen LogP contribution < -0.4 is 0 Å². The van der Waals surface area contributed by atoms with Crippen molar-refractivity contribution in [3.05, 3.63) is 0 Å². The van der Waals surface area contributed by atoms with Crippen LogP contribution in [0.15, 0.2) is 0 Å².